The third kappa shape index (κ3) is 5.06. The number of carbonyl (C=O) groups is 1. The van der Waals surface area contributed by atoms with E-state index in [0.29, 0.717) is 10.1 Å². The van der Waals surface area contributed by atoms with E-state index in [4.69, 9.17) is 28.6 Å². The van der Waals surface area contributed by atoms with Gasteiger partial charge >= 0.3 is 0 Å². The third-order valence-electron chi connectivity index (χ3n) is 6.18. The number of aryl methyl sites for hydroxylation is 1. The highest BCUT2D eigenvalue weighted by molar-refractivity contribution is 7.80. The topological polar surface area (TPSA) is 84.3 Å². The standard InChI is InChI=1S/C27H25ClN6O2S/c1-17-14-19(9-10-20(17)31-24(35)16-36-2)34-26(25(32-27(34)37)21-6-3-4-12-29-21)22-7-5-13-33(22)23-11-8-18(28)15-30-23/h3-15,25-26H,16H2,1-2H3,(H,31,35)(H,32,37)/t25-,26+/m0/s1. The van der Waals surface area contributed by atoms with Crippen LogP contribution in [0.1, 0.15) is 29.0 Å². The molecule has 37 heavy (non-hydrogen) atoms. The van der Waals surface area contributed by atoms with Crippen LogP contribution >= 0.6 is 23.8 Å². The number of anilines is 2. The van der Waals surface area contributed by atoms with Gasteiger partial charge in [0.15, 0.2) is 5.11 Å². The second kappa shape index (κ2) is 10.7. The van der Waals surface area contributed by atoms with E-state index in [2.05, 4.69) is 31.6 Å². The van der Waals surface area contributed by atoms with Crippen molar-refractivity contribution in [2.24, 2.45) is 0 Å². The Hall–Kier alpha value is -3.79. The van der Waals surface area contributed by atoms with Crippen LogP contribution in [0.2, 0.25) is 5.02 Å². The molecular weight excluding hydrogens is 508 g/mol. The number of rotatable bonds is 7. The molecule has 0 radical (unpaired) electrons. The number of benzene rings is 1. The van der Waals surface area contributed by atoms with Gasteiger partial charge in [-0.1, -0.05) is 17.7 Å². The van der Waals surface area contributed by atoms with Crippen LogP contribution in [0.5, 0.6) is 0 Å². The van der Waals surface area contributed by atoms with E-state index < -0.39 is 0 Å². The first-order valence-electron chi connectivity index (χ1n) is 11.7. The van der Waals surface area contributed by atoms with Crippen molar-refractivity contribution >= 4 is 46.2 Å². The number of hydrogen-bond acceptors (Lipinski definition) is 5. The van der Waals surface area contributed by atoms with Gasteiger partial charge in [-0.3, -0.25) is 9.78 Å². The number of nitrogens with zero attached hydrogens (tertiary/aromatic N) is 4. The molecule has 2 N–H and O–H groups in total. The highest BCUT2D eigenvalue weighted by Crippen LogP contribution is 2.42. The van der Waals surface area contributed by atoms with Crippen LogP contribution in [0.25, 0.3) is 5.82 Å². The van der Waals surface area contributed by atoms with Gasteiger partial charge in [-0.15, -0.1) is 0 Å². The summed E-state index contributed by atoms with van der Waals surface area (Å²) < 4.78 is 6.97. The minimum atomic E-state index is -0.233. The van der Waals surface area contributed by atoms with Crippen molar-refractivity contribution in [2.45, 2.75) is 19.0 Å². The number of carbonyl (C=O) groups excluding carboxylic acids is 1. The Balaban J connectivity index is 1.58. The molecule has 1 aliphatic heterocycles. The van der Waals surface area contributed by atoms with E-state index in [0.717, 1.165) is 34.1 Å². The molecule has 4 heterocycles. The predicted octanol–water partition coefficient (Wildman–Crippen LogP) is 4.99. The number of nitrogens with one attached hydrogen (secondary N) is 2. The molecule has 0 bridgehead atoms. The predicted molar refractivity (Wildman–Crippen MR) is 148 cm³/mol. The summed E-state index contributed by atoms with van der Waals surface area (Å²) in [5, 5.41) is 7.51. The van der Waals surface area contributed by atoms with Crippen LogP contribution in [0, 0.1) is 6.92 Å². The van der Waals surface area contributed by atoms with E-state index >= 15 is 0 Å². The van der Waals surface area contributed by atoms with Gasteiger partial charge < -0.3 is 24.8 Å². The molecule has 2 atom stereocenters. The summed E-state index contributed by atoms with van der Waals surface area (Å²) in [6.07, 6.45) is 5.38. The zero-order valence-electron chi connectivity index (χ0n) is 20.3. The van der Waals surface area contributed by atoms with Crippen LogP contribution in [0.3, 0.4) is 0 Å². The van der Waals surface area contributed by atoms with Gasteiger partial charge in [0.2, 0.25) is 5.91 Å². The minimum absolute atomic E-state index is 0.00905. The van der Waals surface area contributed by atoms with Gasteiger partial charge in [0.1, 0.15) is 18.5 Å². The molecule has 5 rings (SSSR count). The van der Waals surface area contributed by atoms with Gasteiger partial charge in [0, 0.05) is 42.8 Å². The molecule has 0 saturated carbocycles. The fourth-order valence-corrected chi connectivity index (χ4v) is 5.00. The Labute approximate surface area is 225 Å². The lowest BCUT2D eigenvalue weighted by molar-refractivity contribution is -0.119. The SMILES string of the molecule is COCC(=O)Nc1ccc(N2C(=S)N[C@@H](c3ccccn3)[C@H]2c2cccn2-c2ccc(Cl)cn2)cc1C. The maximum atomic E-state index is 12.1. The summed E-state index contributed by atoms with van der Waals surface area (Å²) in [7, 11) is 1.49. The molecular formula is C27H25ClN6O2S. The zero-order valence-corrected chi connectivity index (χ0v) is 21.8. The van der Waals surface area contributed by atoms with Crippen molar-refractivity contribution in [3.63, 3.8) is 0 Å². The number of aromatic nitrogens is 3. The van der Waals surface area contributed by atoms with Gasteiger partial charge in [-0.25, -0.2) is 4.98 Å². The van der Waals surface area contributed by atoms with Gasteiger partial charge in [0.25, 0.3) is 0 Å². The van der Waals surface area contributed by atoms with Crippen LogP contribution in [0.15, 0.2) is 79.3 Å². The average molecular weight is 533 g/mol. The minimum Gasteiger partial charge on any atom is -0.375 e. The van der Waals surface area contributed by atoms with Crippen LogP contribution < -0.4 is 15.5 Å². The first kappa shape index (κ1) is 24.9. The van der Waals surface area contributed by atoms with Gasteiger partial charge in [-0.05, 0) is 79.3 Å². The number of halogens is 1. The molecule has 1 aromatic carbocycles. The third-order valence-corrected chi connectivity index (χ3v) is 6.72. The van der Waals surface area contributed by atoms with E-state index in [1.54, 1.807) is 12.4 Å². The quantitative estimate of drug-likeness (QED) is 0.324. The second-order valence-electron chi connectivity index (χ2n) is 8.61. The molecule has 1 amide bonds. The van der Waals surface area contributed by atoms with E-state index in [-0.39, 0.29) is 24.6 Å². The van der Waals surface area contributed by atoms with Crippen molar-refractivity contribution in [2.75, 3.05) is 23.9 Å². The van der Waals surface area contributed by atoms with Crippen LogP contribution in [0.4, 0.5) is 11.4 Å². The smallest absolute Gasteiger partial charge is 0.250 e. The fourth-order valence-electron chi connectivity index (χ4n) is 4.54. The molecule has 4 aromatic rings. The lowest BCUT2D eigenvalue weighted by Gasteiger charge is -2.29. The molecule has 0 aliphatic carbocycles. The maximum Gasteiger partial charge on any atom is 0.250 e. The normalized spacial score (nSPS) is 17.1. The number of ether oxygens (including phenoxy) is 1. The first-order chi connectivity index (χ1) is 18.0. The summed E-state index contributed by atoms with van der Waals surface area (Å²) in [6, 6.07) is 19.0. The summed E-state index contributed by atoms with van der Waals surface area (Å²) in [5.74, 6) is 0.535. The Morgan fingerprint density at radius 3 is 2.73 bits per heavy atom. The Morgan fingerprint density at radius 1 is 1.16 bits per heavy atom. The van der Waals surface area contributed by atoms with Crippen LogP contribution in [-0.4, -0.2) is 39.3 Å². The van der Waals surface area contributed by atoms with Gasteiger partial charge in [-0.2, -0.15) is 0 Å². The van der Waals surface area contributed by atoms with Crippen molar-refractivity contribution in [1.29, 1.82) is 0 Å². The first-order valence-corrected chi connectivity index (χ1v) is 12.4. The van der Waals surface area contributed by atoms with Crippen molar-refractivity contribution < 1.29 is 9.53 Å². The van der Waals surface area contributed by atoms with E-state index in [1.807, 2.05) is 72.3 Å². The summed E-state index contributed by atoms with van der Waals surface area (Å²) in [4.78, 5) is 23.3. The van der Waals surface area contributed by atoms with Gasteiger partial charge in [0.05, 0.1) is 16.8 Å². The number of hydrogen-bond donors (Lipinski definition) is 2. The largest absolute Gasteiger partial charge is 0.375 e. The molecule has 1 aliphatic rings. The molecule has 1 fully saturated rings. The molecule has 0 unspecified atom stereocenters. The number of pyridine rings is 2. The van der Waals surface area contributed by atoms with Crippen molar-refractivity contribution in [3.05, 3.63) is 101 Å². The summed E-state index contributed by atoms with van der Waals surface area (Å²) in [5.41, 5.74) is 4.36. The number of amides is 1. The number of methoxy groups -OCH3 is 1. The Kier molecular flexibility index (Phi) is 7.18. The average Bonchev–Trinajstić information content (AvgIpc) is 3.51. The van der Waals surface area contributed by atoms with E-state index in [9.17, 15) is 4.79 Å². The fraction of sp³-hybridized carbons (Fsp3) is 0.185. The van der Waals surface area contributed by atoms with Crippen molar-refractivity contribution in [1.82, 2.24) is 19.9 Å². The lowest BCUT2D eigenvalue weighted by Crippen LogP contribution is -2.30. The summed E-state index contributed by atoms with van der Waals surface area (Å²) in [6.45, 7) is 1.94. The molecule has 0 spiro atoms. The molecule has 1 saturated heterocycles. The highest BCUT2D eigenvalue weighted by atomic mass is 35.5. The summed E-state index contributed by atoms with van der Waals surface area (Å²) >= 11 is 12.0. The van der Waals surface area contributed by atoms with Crippen LogP contribution in [-0.2, 0) is 9.53 Å². The molecule has 3 aromatic heterocycles. The Bertz CT molecular complexity index is 1430. The second-order valence-corrected chi connectivity index (χ2v) is 9.44. The van der Waals surface area contributed by atoms with Crippen molar-refractivity contribution in [3.8, 4) is 5.82 Å². The molecule has 10 heteroatoms. The molecule has 8 nitrogen and oxygen atoms in total. The molecule has 188 valence electrons. The maximum absolute atomic E-state index is 12.1. The van der Waals surface area contributed by atoms with E-state index in [1.165, 1.54) is 7.11 Å². The monoisotopic (exact) mass is 532 g/mol. The zero-order chi connectivity index (χ0) is 25.9. The highest BCUT2D eigenvalue weighted by Gasteiger charge is 2.42. The Morgan fingerprint density at radius 2 is 2.03 bits per heavy atom. The lowest BCUT2D eigenvalue weighted by atomic mass is 10.0. The number of thiocarbonyl (C=S) groups is 1.